The first-order chi connectivity index (χ1) is 2.27. The van der Waals surface area contributed by atoms with E-state index in [9.17, 15) is 4.21 Å². The Morgan fingerprint density at radius 3 is 2.20 bits per heavy atom. The van der Waals surface area contributed by atoms with Gasteiger partial charge in [0.1, 0.15) is 0 Å². The van der Waals surface area contributed by atoms with E-state index in [1.165, 1.54) is 0 Å². The standard InChI is InChI=1S/CH3BOS2/c1-4-5(2)3/h1H3. The van der Waals surface area contributed by atoms with Gasteiger partial charge in [-0.25, -0.2) is 0 Å². The third-order valence-corrected chi connectivity index (χ3v) is 1.48. The van der Waals surface area contributed by atoms with Gasteiger partial charge in [0.15, 0.2) is 0 Å². The molecule has 1 nitrogen and oxygen atoms in total. The first-order valence-corrected chi connectivity index (χ1v) is 3.93. The predicted molar refractivity (Wildman–Crippen MR) is 27.4 cm³/mol. The van der Waals surface area contributed by atoms with Crippen LogP contribution in [0.1, 0.15) is 0 Å². The van der Waals surface area contributed by atoms with Crippen molar-refractivity contribution in [2.75, 3.05) is 6.26 Å². The van der Waals surface area contributed by atoms with Crippen LogP contribution in [0, 0.1) is 0 Å². The Kier molecular flexibility index (Phi) is 2.89. The Labute approximate surface area is 37.5 Å². The van der Waals surface area contributed by atoms with E-state index < -0.39 is 9.07 Å². The SMILES string of the molecule is B#S(=O)SC. The summed E-state index contributed by atoms with van der Waals surface area (Å²) in [6, 6.07) is 0. The zero-order chi connectivity index (χ0) is 4.28. The molecule has 0 aromatic carbocycles. The van der Waals surface area contributed by atoms with Crippen LogP contribution in [0.25, 0.3) is 0 Å². The van der Waals surface area contributed by atoms with E-state index in [2.05, 4.69) is 0 Å². The molecule has 0 rings (SSSR count). The van der Waals surface area contributed by atoms with E-state index in [1.807, 2.05) is 0 Å². The Morgan fingerprint density at radius 1 is 2.00 bits per heavy atom. The first-order valence-electron chi connectivity index (χ1n) is 0.977. The number of hydrogen-bond donors (Lipinski definition) is 0. The van der Waals surface area contributed by atoms with Crippen molar-refractivity contribution in [1.82, 2.24) is 0 Å². The van der Waals surface area contributed by atoms with Crippen LogP contribution in [-0.4, -0.2) is 17.0 Å². The molecular weight excluding hydrogens is 103 g/mol. The summed E-state index contributed by atoms with van der Waals surface area (Å²) in [7, 11) is -0.0262. The maximum atomic E-state index is 9.66. The molecule has 0 aromatic rings. The number of hydrogen-bond acceptors (Lipinski definition) is 2. The van der Waals surface area contributed by atoms with E-state index in [0.717, 1.165) is 10.8 Å². The number of rotatable bonds is 0. The molecule has 0 radical (unpaired) electrons. The van der Waals surface area contributed by atoms with E-state index in [-0.39, 0.29) is 0 Å². The monoisotopic (exact) mass is 106 g/mol. The van der Waals surface area contributed by atoms with E-state index in [1.54, 1.807) is 6.26 Å². The van der Waals surface area contributed by atoms with Crippen LogP contribution >= 0.6 is 10.8 Å². The minimum atomic E-state index is -1.16. The summed E-state index contributed by atoms with van der Waals surface area (Å²) in [6.45, 7) is 4.73. The molecule has 0 saturated heterocycles. The van der Waals surface area contributed by atoms with Gasteiger partial charge in [-0.2, -0.15) is 0 Å². The van der Waals surface area contributed by atoms with E-state index >= 15 is 0 Å². The molecule has 5 heavy (non-hydrogen) atoms. The van der Waals surface area contributed by atoms with Gasteiger partial charge in [-0.15, -0.1) is 0 Å². The molecule has 0 bridgehead atoms. The van der Waals surface area contributed by atoms with Crippen molar-refractivity contribution in [2.45, 2.75) is 0 Å². The fourth-order valence-electron chi connectivity index (χ4n) is 0. The normalized spacial score (nSPS) is 7.80. The van der Waals surface area contributed by atoms with E-state index in [4.69, 9.17) is 6.53 Å². The molecule has 0 aliphatic carbocycles. The van der Waals surface area contributed by atoms with Crippen LogP contribution in [0.2, 0.25) is 0 Å². The van der Waals surface area contributed by atoms with Gasteiger partial charge in [0.05, 0.1) is 0 Å². The molecule has 0 N–H and O–H groups in total. The summed E-state index contributed by atoms with van der Waals surface area (Å²) in [6.07, 6.45) is 1.69. The summed E-state index contributed by atoms with van der Waals surface area (Å²) in [5.74, 6) is 0. The molecule has 0 saturated carbocycles. The van der Waals surface area contributed by atoms with Crippen LogP contribution in [-0.2, 0) is 9.07 Å². The fourth-order valence-corrected chi connectivity index (χ4v) is 0. The Hall–Kier alpha value is 0.435. The van der Waals surface area contributed by atoms with Crippen molar-refractivity contribution < 1.29 is 4.21 Å². The van der Waals surface area contributed by atoms with Crippen LogP contribution in [0.3, 0.4) is 0 Å². The van der Waals surface area contributed by atoms with Crippen LogP contribution in [0.4, 0.5) is 0 Å². The molecule has 0 amide bonds. The predicted octanol–water partition coefficient (Wildman–Crippen LogP) is 0.0966. The van der Waals surface area contributed by atoms with Gasteiger partial charge in [-0.3, -0.25) is 0 Å². The average Bonchev–Trinajstić information content (AvgIpc) is 1.38. The van der Waals surface area contributed by atoms with Gasteiger partial charge >= 0.3 is 36.9 Å². The topological polar surface area (TPSA) is 17.1 Å². The van der Waals surface area contributed by atoms with Gasteiger partial charge < -0.3 is 0 Å². The Bertz CT molecular complexity index is 111. The molecule has 0 fully saturated rings. The molecule has 0 aliphatic heterocycles. The summed E-state index contributed by atoms with van der Waals surface area (Å²) in [5, 5.41) is 0. The first kappa shape index (κ1) is 5.43. The molecule has 0 atom stereocenters. The summed E-state index contributed by atoms with van der Waals surface area (Å²) >= 11 is 0. The average molecular weight is 106 g/mol. The third-order valence-electron chi connectivity index (χ3n) is 0.164. The van der Waals surface area contributed by atoms with Gasteiger partial charge in [-0.1, -0.05) is 0 Å². The molecule has 0 unspecified atom stereocenters. The van der Waals surface area contributed by atoms with Gasteiger partial charge in [0, 0.05) is 0 Å². The summed E-state index contributed by atoms with van der Waals surface area (Å²) in [5.41, 5.74) is 0. The molecule has 0 spiro atoms. The zero-order valence-corrected chi connectivity index (χ0v) is 4.44. The van der Waals surface area contributed by atoms with Crippen molar-refractivity contribution in [3.05, 3.63) is 0 Å². The summed E-state index contributed by atoms with van der Waals surface area (Å²) < 4.78 is 9.66. The Balaban J connectivity index is 3.39. The second kappa shape index (κ2) is 2.66. The molecule has 0 aliphatic rings. The van der Waals surface area contributed by atoms with Gasteiger partial charge in [0.25, 0.3) is 0 Å². The molecule has 28 valence electrons. The van der Waals surface area contributed by atoms with Crippen molar-refractivity contribution in [2.24, 2.45) is 0 Å². The van der Waals surface area contributed by atoms with Gasteiger partial charge in [0.2, 0.25) is 0 Å². The second-order valence-corrected chi connectivity index (χ2v) is 3.27. The molecule has 4 heteroatoms. The third kappa shape index (κ3) is 4.43. The van der Waals surface area contributed by atoms with Crippen molar-refractivity contribution in [1.29, 1.82) is 0 Å². The van der Waals surface area contributed by atoms with Crippen molar-refractivity contribution >= 4 is 26.4 Å². The molecule has 0 aromatic heterocycles. The molecule has 0 heterocycles. The van der Waals surface area contributed by atoms with Crippen LogP contribution < -0.4 is 0 Å². The zero-order valence-electron chi connectivity index (χ0n) is 2.80. The van der Waals surface area contributed by atoms with Crippen LogP contribution in [0.15, 0.2) is 0 Å². The van der Waals surface area contributed by atoms with Gasteiger partial charge in [-0.05, 0) is 0 Å². The minimum absolute atomic E-state index is 1.13. The summed E-state index contributed by atoms with van der Waals surface area (Å²) in [4.78, 5) is 0. The molecular formula is CH3BOS2. The van der Waals surface area contributed by atoms with Crippen molar-refractivity contribution in [3.63, 3.8) is 0 Å². The van der Waals surface area contributed by atoms with Crippen LogP contribution in [0.5, 0.6) is 0 Å². The fraction of sp³-hybridized carbons (Fsp3) is 1.00. The van der Waals surface area contributed by atoms with E-state index in [0.29, 0.717) is 0 Å². The van der Waals surface area contributed by atoms with Crippen molar-refractivity contribution in [3.8, 4) is 0 Å². The quantitative estimate of drug-likeness (QED) is 0.321. The Morgan fingerprint density at radius 2 is 2.20 bits per heavy atom. The second-order valence-electron chi connectivity index (χ2n) is 0.427. The maximum absolute atomic E-state index is 9.66.